The third kappa shape index (κ3) is 4.69. The van der Waals surface area contributed by atoms with E-state index in [9.17, 15) is 22.8 Å². The lowest BCUT2D eigenvalue weighted by Crippen LogP contribution is -2.51. The number of aryl methyl sites for hydroxylation is 1. The van der Waals surface area contributed by atoms with Crippen LogP contribution in [0.4, 0.5) is 10.5 Å². The molecule has 1 atom stereocenters. The number of hydrogen-bond acceptors (Lipinski definition) is 6. The Bertz CT molecular complexity index is 1080. The lowest BCUT2D eigenvalue weighted by atomic mass is 9.75. The summed E-state index contributed by atoms with van der Waals surface area (Å²) in [6, 6.07) is 3.96. The molecule has 4 rings (SSSR count). The standard InChI is InChI=1S/C23H32N4O6S/c1-16-8-9-18(34(31,32)26-10-12-33-13-11-26)14-19(16)24-20(28)15-27-21(29)23(2,25-22(27)30)17-6-4-3-5-7-17/h8-9,14,17H,3-7,10-13,15H2,1-2H3,(H,24,28)(H,25,30)/t23-/m0/s1. The van der Waals surface area contributed by atoms with E-state index in [1.54, 1.807) is 19.9 Å². The van der Waals surface area contributed by atoms with Gasteiger partial charge < -0.3 is 15.4 Å². The number of imide groups is 1. The smallest absolute Gasteiger partial charge is 0.325 e. The highest BCUT2D eigenvalue weighted by molar-refractivity contribution is 7.89. The number of amides is 4. The molecule has 0 unspecified atom stereocenters. The second kappa shape index (κ2) is 9.63. The molecular weight excluding hydrogens is 460 g/mol. The van der Waals surface area contributed by atoms with Gasteiger partial charge in [0.1, 0.15) is 12.1 Å². The number of nitrogens with one attached hydrogen (secondary N) is 2. The van der Waals surface area contributed by atoms with E-state index < -0.39 is 34.0 Å². The van der Waals surface area contributed by atoms with Crippen LogP contribution in [0.15, 0.2) is 23.1 Å². The minimum Gasteiger partial charge on any atom is -0.379 e. The summed E-state index contributed by atoms with van der Waals surface area (Å²) in [5.74, 6) is -0.907. The Labute approximate surface area is 200 Å². The molecule has 0 spiro atoms. The first-order chi connectivity index (χ1) is 16.1. The molecule has 4 amide bonds. The van der Waals surface area contributed by atoms with Gasteiger partial charge in [-0.1, -0.05) is 25.3 Å². The van der Waals surface area contributed by atoms with Crippen LogP contribution < -0.4 is 10.6 Å². The number of nitrogens with zero attached hydrogens (tertiary/aromatic N) is 2. The maximum atomic E-state index is 13.1. The Morgan fingerprint density at radius 3 is 2.53 bits per heavy atom. The Kier molecular flexibility index (Phi) is 6.97. The molecule has 2 aliphatic heterocycles. The van der Waals surface area contributed by atoms with E-state index in [4.69, 9.17) is 4.74 Å². The first-order valence-electron chi connectivity index (χ1n) is 11.8. The minimum atomic E-state index is -3.73. The molecule has 1 aromatic rings. The number of rotatable bonds is 6. The molecule has 0 aromatic heterocycles. The van der Waals surface area contributed by atoms with Crippen LogP contribution in [0.5, 0.6) is 0 Å². The van der Waals surface area contributed by atoms with Crippen molar-refractivity contribution in [2.24, 2.45) is 5.92 Å². The van der Waals surface area contributed by atoms with Gasteiger partial charge in [0.2, 0.25) is 15.9 Å². The predicted octanol–water partition coefficient (Wildman–Crippen LogP) is 1.85. The lowest BCUT2D eigenvalue weighted by Gasteiger charge is -2.34. The summed E-state index contributed by atoms with van der Waals surface area (Å²) in [5, 5.41) is 5.49. The van der Waals surface area contributed by atoms with E-state index in [2.05, 4.69) is 10.6 Å². The van der Waals surface area contributed by atoms with Crippen molar-refractivity contribution in [2.75, 3.05) is 38.2 Å². The average molecular weight is 493 g/mol. The molecule has 1 aliphatic carbocycles. The Balaban J connectivity index is 1.46. The summed E-state index contributed by atoms with van der Waals surface area (Å²) in [4.78, 5) is 39.5. The average Bonchev–Trinajstić information content (AvgIpc) is 3.05. The van der Waals surface area contributed by atoms with Crippen molar-refractivity contribution in [1.82, 2.24) is 14.5 Å². The monoisotopic (exact) mass is 492 g/mol. The van der Waals surface area contributed by atoms with E-state index in [1.165, 1.54) is 16.4 Å². The van der Waals surface area contributed by atoms with Crippen molar-refractivity contribution in [1.29, 1.82) is 0 Å². The highest BCUT2D eigenvalue weighted by Crippen LogP contribution is 2.36. The van der Waals surface area contributed by atoms with Gasteiger partial charge in [0, 0.05) is 18.8 Å². The number of sulfonamides is 1. The second-order valence-electron chi connectivity index (χ2n) is 9.40. The summed E-state index contributed by atoms with van der Waals surface area (Å²) in [7, 11) is -3.73. The van der Waals surface area contributed by atoms with Crippen LogP contribution in [0.3, 0.4) is 0 Å². The zero-order valence-corrected chi connectivity index (χ0v) is 20.4. The normalized spacial score (nSPS) is 24.8. The largest absolute Gasteiger partial charge is 0.379 e. The molecule has 0 bridgehead atoms. The van der Waals surface area contributed by atoms with Crippen LogP contribution in [-0.2, 0) is 24.3 Å². The van der Waals surface area contributed by atoms with E-state index in [-0.39, 0.29) is 29.8 Å². The van der Waals surface area contributed by atoms with Gasteiger partial charge >= 0.3 is 6.03 Å². The van der Waals surface area contributed by atoms with Crippen molar-refractivity contribution in [3.05, 3.63) is 23.8 Å². The van der Waals surface area contributed by atoms with Crippen LogP contribution in [0.1, 0.15) is 44.6 Å². The number of urea groups is 1. The summed E-state index contributed by atoms with van der Waals surface area (Å²) in [6.07, 6.45) is 4.90. The molecule has 3 fully saturated rings. The Morgan fingerprint density at radius 2 is 1.85 bits per heavy atom. The molecule has 2 N–H and O–H groups in total. The summed E-state index contributed by atoms with van der Waals surface area (Å²) in [6.45, 7) is 4.25. The van der Waals surface area contributed by atoms with E-state index in [1.807, 2.05) is 0 Å². The van der Waals surface area contributed by atoms with Crippen molar-refractivity contribution in [2.45, 2.75) is 56.4 Å². The fourth-order valence-corrected chi connectivity index (χ4v) is 6.42. The van der Waals surface area contributed by atoms with Crippen LogP contribution >= 0.6 is 0 Å². The molecule has 1 saturated carbocycles. The highest BCUT2D eigenvalue weighted by atomic mass is 32.2. The maximum absolute atomic E-state index is 13.1. The summed E-state index contributed by atoms with van der Waals surface area (Å²) in [5.41, 5.74) is -0.0141. The number of ether oxygens (including phenoxy) is 1. The zero-order chi connectivity index (χ0) is 24.5. The Hall–Kier alpha value is -2.50. The third-order valence-corrected chi connectivity index (χ3v) is 9.01. The van der Waals surface area contributed by atoms with Gasteiger partial charge in [-0.15, -0.1) is 0 Å². The van der Waals surface area contributed by atoms with Crippen LogP contribution in [-0.4, -0.2) is 73.9 Å². The minimum absolute atomic E-state index is 0.0510. The molecule has 3 aliphatic rings. The van der Waals surface area contributed by atoms with Gasteiger partial charge in [-0.25, -0.2) is 13.2 Å². The molecule has 2 heterocycles. The molecule has 186 valence electrons. The van der Waals surface area contributed by atoms with E-state index >= 15 is 0 Å². The number of morpholine rings is 1. The first kappa shape index (κ1) is 24.6. The van der Waals surface area contributed by atoms with Gasteiger partial charge in [0.25, 0.3) is 5.91 Å². The molecule has 0 radical (unpaired) electrons. The second-order valence-corrected chi connectivity index (χ2v) is 11.3. The lowest BCUT2D eigenvalue weighted by molar-refractivity contribution is -0.135. The highest BCUT2D eigenvalue weighted by Gasteiger charge is 2.52. The molecule has 10 nitrogen and oxygen atoms in total. The first-order valence-corrected chi connectivity index (χ1v) is 13.2. The van der Waals surface area contributed by atoms with E-state index in [0.717, 1.165) is 37.0 Å². The van der Waals surface area contributed by atoms with E-state index in [0.29, 0.717) is 24.5 Å². The number of hydrogen-bond donors (Lipinski definition) is 2. The molecular formula is C23H32N4O6S. The fourth-order valence-electron chi connectivity index (χ4n) is 4.98. The molecule has 1 aromatic carbocycles. The number of carbonyl (C=O) groups is 3. The van der Waals surface area contributed by atoms with Gasteiger partial charge in [0.15, 0.2) is 0 Å². The van der Waals surface area contributed by atoms with Crippen molar-refractivity contribution >= 4 is 33.6 Å². The fraction of sp³-hybridized carbons (Fsp3) is 0.609. The van der Waals surface area contributed by atoms with Gasteiger partial charge in [-0.2, -0.15) is 4.31 Å². The maximum Gasteiger partial charge on any atom is 0.325 e. The topological polar surface area (TPSA) is 125 Å². The van der Waals surface area contributed by atoms with Crippen molar-refractivity contribution in [3.63, 3.8) is 0 Å². The number of benzene rings is 1. The van der Waals surface area contributed by atoms with Gasteiger partial charge in [-0.05, 0) is 50.3 Å². The van der Waals surface area contributed by atoms with Crippen LogP contribution in [0.25, 0.3) is 0 Å². The zero-order valence-electron chi connectivity index (χ0n) is 19.6. The molecule has 11 heteroatoms. The van der Waals surface area contributed by atoms with Gasteiger partial charge in [0.05, 0.1) is 18.1 Å². The van der Waals surface area contributed by atoms with Crippen LogP contribution in [0, 0.1) is 12.8 Å². The van der Waals surface area contributed by atoms with Crippen LogP contribution in [0.2, 0.25) is 0 Å². The predicted molar refractivity (Wildman–Crippen MR) is 125 cm³/mol. The molecule has 2 saturated heterocycles. The molecule has 34 heavy (non-hydrogen) atoms. The number of anilines is 1. The van der Waals surface area contributed by atoms with Crippen molar-refractivity contribution in [3.8, 4) is 0 Å². The SMILES string of the molecule is Cc1ccc(S(=O)(=O)N2CCOCC2)cc1NC(=O)CN1C(=O)N[C@@](C)(C2CCCCC2)C1=O. The van der Waals surface area contributed by atoms with Crippen molar-refractivity contribution < 1.29 is 27.5 Å². The van der Waals surface area contributed by atoms with Gasteiger partial charge in [-0.3, -0.25) is 14.5 Å². The Morgan fingerprint density at radius 1 is 1.18 bits per heavy atom. The summed E-state index contributed by atoms with van der Waals surface area (Å²) < 4.78 is 32.5. The quantitative estimate of drug-likeness (QED) is 0.584. The third-order valence-electron chi connectivity index (χ3n) is 7.12. The number of carbonyl (C=O) groups excluding carboxylic acids is 3. The summed E-state index contributed by atoms with van der Waals surface area (Å²) >= 11 is 0.